The summed E-state index contributed by atoms with van der Waals surface area (Å²) in [5, 5.41) is 18.4. The highest BCUT2D eigenvalue weighted by molar-refractivity contribution is 6.01. The van der Waals surface area contributed by atoms with Crippen molar-refractivity contribution in [2.24, 2.45) is 5.73 Å². The molecule has 0 bridgehead atoms. The molecule has 20 heteroatoms. The van der Waals surface area contributed by atoms with E-state index < -0.39 is 24.0 Å². The van der Waals surface area contributed by atoms with Gasteiger partial charge in [0.05, 0.1) is 17.4 Å². The lowest BCUT2D eigenvalue weighted by atomic mass is 9.96. The van der Waals surface area contributed by atoms with Crippen molar-refractivity contribution in [3.05, 3.63) is 132 Å². The molecular weight excluding hydrogens is 848 g/mol. The molecule has 0 spiro atoms. The van der Waals surface area contributed by atoms with Crippen LogP contribution >= 0.6 is 12.4 Å². The van der Waals surface area contributed by atoms with Gasteiger partial charge in [-0.25, -0.2) is 14.8 Å². The van der Waals surface area contributed by atoms with E-state index in [4.69, 9.17) is 28.8 Å². The second-order valence-corrected chi connectivity index (χ2v) is 15.1. The topological polar surface area (TPSA) is 244 Å². The van der Waals surface area contributed by atoms with Crippen LogP contribution in [0.3, 0.4) is 0 Å². The number of hydrogen-bond acceptors (Lipinski definition) is 16. The third-order valence-corrected chi connectivity index (χ3v) is 11.0. The average molecular weight is 893 g/mol. The lowest BCUT2D eigenvalue weighted by Crippen LogP contribution is -2.49. The molecule has 6 aromatic rings. The van der Waals surface area contributed by atoms with Gasteiger partial charge in [0.25, 0.3) is 5.91 Å². The molecule has 4 aromatic heterocycles. The first-order valence-electron chi connectivity index (χ1n) is 20.3. The number of nitrogens with two attached hydrogens (primary N) is 1. The summed E-state index contributed by atoms with van der Waals surface area (Å²) in [6.45, 7) is 2.20. The number of fused-ring (bicyclic) bond motifs is 2. The fourth-order valence-electron chi connectivity index (χ4n) is 7.22. The highest BCUT2D eigenvalue weighted by atomic mass is 35.5. The SMILES string of the molecule is CCOC(=O)c1nnc(C2(c3ccccc3)CC2)o1.CN1C(=O)[C@@H](N)COc2cccnc21.CN1C(=O)[C@@H](NC(=O)c2nnc(C3(c4ccccc4)CC3)o2)COc2cccnc21.Cl. The van der Waals surface area contributed by atoms with Crippen molar-refractivity contribution in [3.63, 3.8) is 0 Å². The molecular formula is C44H45ClN10O9. The Hall–Kier alpha value is -7.25. The first-order valence-corrected chi connectivity index (χ1v) is 20.3. The van der Waals surface area contributed by atoms with Crippen molar-refractivity contribution in [1.82, 2.24) is 35.7 Å². The highest BCUT2D eigenvalue weighted by Crippen LogP contribution is 2.53. The van der Waals surface area contributed by atoms with Gasteiger partial charge in [-0.2, -0.15) is 0 Å². The number of amides is 3. The number of halogens is 1. The summed E-state index contributed by atoms with van der Waals surface area (Å²) < 4.78 is 27.1. The minimum Gasteiger partial charge on any atom is -0.488 e. The van der Waals surface area contributed by atoms with E-state index in [0.717, 1.165) is 36.8 Å². The summed E-state index contributed by atoms with van der Waals surface area (Å²) in [5.41, 5.74) is 7.29. The molecule has 64 heavy (non-hydrogen) atoms. The number of benzene rings is 2. The van der Waals surface area contributed by atoms with Gasteiger partial charge < -0.3 is 34.1 Å². The number of aromatic nitrogens is 6. The Balaban J connectivity index is 0.000000155. The number of rotatable bonds is 8. The normalized spacial score (nSPS) is 18.5. The largest absolute Gasteiger partial charge is 0.488 e. The monoisotopic (exact) mass is 892 g/mol. The Labute approximate surface area is 373 Å². The summed E-state index contributed by atoms with van der Waals surface area (Å²) in [6.07, 6.45) is 6.87. The smallest absolute Gasteiger partial charge is 0.396 e. The number of esters is 1. The molecule has 0 radical (unpaired) electrons. The van der Waals surface area contributed by atoms with Crippen LogP contribution in [-0.2, 0) is 25.2 Å². The Bertz CT molecular complexity index is 2600. The Morgan fingerprint density at radius 3 is 1.70 bits per heavy atom. The molecule has 4 aliphatic rings. The number of carbonyl (C=O) groups is 4. The molecule has 2 saturated carbocycles. The van der Waals surface area contributed by atoms with Gasteiger partial charge in [-0.1, -0.05) is 60.7 Å². The number of likely N-dealkylation sites (N-methyl/N-ethyl adjacent to an activating group) is 2. The van der Waals surface area contributed by atoms with E-state index in [1.54, 1.807) is 57.7 Å². The highest BCUT2D eigenvalue weighted by Gasteiger charge is 2.52. The van der Waals surface area contributed by atoms with E-state index in [9.17, 15) is 19.2 Å². The van der Waals surface area contributed by atoms with E-state index in [2.05, 4.69) is 35.7 Å². The Morgan fingerprint density at radius 2 is 1.19 bits per heavy atom. The minimum atomic E-state index is -0.906. The zero-order valence-electron chi connectivity index (χ0n) is 35.1. The number of ether oxygens (including phenoxy) is 3. The number of pyridine rings is 2. The first kappa shape index (κ1) is 44.8. The molecule has 10 rings (SSSR count). The van der Waals surface area contributed by atoms with Crippen molar-refractivity contribution in [2.75, 3.05) is 43.7 Å². The van der Waals surface area contributed by atoms with Crippen LogP contribution in [0.2, 0.25) is 0 Å². The Kier molecular flexibility index (Phi) is 13.3. The summed E-state index contributed by atoms with van der Waals surface area (Å²) in [7, 11) is 3.23. The number of nitrogens with one attached hydrogen (secondary N) is 1. The van der Waals surface area contributed by atoms with Crippen LogP contribution in [-0.4, -0.2) is 100 Å². The van der Waals surface area contributed by atoms with Crippen molar-refractivity contribution < 1.29 is 42.2 Å². The van der Waals surface area contributed by atoms with Crippen molar-refractivity contribution in [1.29, 1.82) is 0 Å². The van der Waals surface area contributed by atoms with Crippen LogP contribution in [0.4, 0.5) is 11.6 Å². The summed E-state index contributed by atoms with van der Waals surface area (Å²) in [4.78, 5) is 59.6. The van der Waals surface area contributed by atoms with Crippen LogP contribution in [0.25, 0.3) is 0 Å². The zero-order chi connectivity index (χ0) is 44.1. The van der Waals surface area contributed by atoms with Crippen molar-refractivity contribution >= 4 is 47.7 Å². The van der Waals surface area contributed by atoms with E-state index in [-0.39, 0.29) is 60.0 Å². The number of anilines is 2. The molecule has 2 fully saturated rings. The summed E-state index contributed by atoms with van der Waals surface area (Å²) >= 11 is 0. The molecule has 2 aliphatic heterocycles. The van der Waals surface area contributed by atoms with Gasteiger partial charge in [0.15, 0.2) is 23.1 Å². The van der Waals surface area contributed by atoms with Crippen LogP contribution in [0.15, 0.2) is 106 Å². The zero-order valence-corrected chi connectivity index (χ0v) is 35.9. The molecule has 2 aromatic carbocycles. The standard InChI is InChI=1S/C21H19N5O4.C14H14N2O3.C9H11N3O2.ClH/c1-26-16-15(8-5-11-22-16)29-12-14(19(26)28)23-17(27)18-24-25-20(30-18)21(9-10-21)13-6-3-2-4-7-13;1-2-18-12(17)11-15-16-13(19-11)14(8-9-14)10-6-4-3-5-7-10;1-12-8-7(3-2-4-11-8)14-5-6(10)9(12)13;/h2-8,11,14H,9-10,12H2,1H3,(H,23,27);3-7H,2,8-9H2,1H3;2-4,6H,5,10H2,1H3;1H/t14-;;6-;/m0.0./s1. The van der Waals surface area contributed by atoms with Gasteiger partial charge in [-0.15, -0.1) is 32.8 Å². The van der Waals surface area contributed by atoms with Crippen LogP contribution in [0.1, 0.15) is 76.9 Å². The molecule has 6 heterocycles. The molecule has 0 saturated heterocycles. The van der Waals surface area contributed by atoms with Crippen molar-refractivity contribution in [3.8, 4) is 11.5 Å². The van der Waals surface area contributed by atoms with Crippen molar-refractivity contribution in [2.45, 2.75) is 55.5 Å². The molecule has 332 valence electrons. The second kappa shape index (κ2) is 19.0. The van der Waals surface area contributed by atoms with E-state index in [1.165, 1.54) is 9.80 Å². The third-order valence-electron chi connectivity index (χ3n) is 11.0. The first-order chi connectivity index (χ1) is 30.5. The van der Waals surface area contributed by atoms with Crippen LogP contribution in [0.5, 0.6) is 11.5 Å². The average Bonchev–Trinajstić information content (AvgIpc) is 4.22. The number of carbonyl (C=O) groups excluding carboxylic acids is 4. The predicted molar refractivity (Wildman–Crippen MR) is 230 cm³/mol. The minimum absolute atomic E-state index is 0. The quantitative estimate of drug-likeness (QED) is 0.203. The van der Waals surface area contributed by atoms with Gasteiger partial charge in [-0.05, 0) is 68.0 Å². The van der Waals surface area contributed by atoms with Crippen LogP contribution < -0.4 is 30.3 Å². The number of nitrogens with zero attached hydrogens (tertiary/aromatic N) is 8. The van der Waals surface area contributed by atoms with Gasteiger partial charge in [0.1, 0.15) is 25.3 Å². The van der Waals surface area contributed by atoms with E-state index >= 15 is 0 Å². The predicted octanol–water partition coefficient (Wildman–Crippen LogP) is 4.21. The third kappa shape index (κ3) is 9.11. The fourth-order valence-corrected chi connectivity index (χ4v) is 7.22. The van der Waals surface area contributed by atoms with E-state index in [0.29, 0.717) is 41.5 Å². The maximum absolute atomic E-state index is 12.8. The lowest BCUT2D eigenvalue weighted by molar-refractivity contribution is -0.121. The summed E-state index contributed by atoms with van der Waals surface area (Å²) in [5.74, 6) is 0.950. The summed E-state index contributed by atoms with van der Waals surface area (Å²) in [6, 6.07) is 25.4. The number of hydrogen-bond donors (Lipinski definition) is 2. The maximum Gasteiger partial charge on any atom is 0.396 e. The molecule has 0 unspecified atom stereocenters. The van der Waals surface area contributed by atoms with Gasteiger partial charge in [-0.3, -0.25) is 24.2 Å². The van der Waals surface area contributed by atoms with Gasteiger partial charge >= 0.3 is 23.7 Å². The van der Waals surface area contributed by atoms with Crippen LogP contribution in [0, 0.1) is 0 Å². The molecule has 3 amide bonds. The lowest BCUT2D eigenvalue weighted by Gasteiger charge is -2.18. The van der Waals surface area contributed by atoms with E-state index in [1.807, 2.05) is 60.7 Å². The van der Waals surface area contributed by atoms with Gasteiger partial charge in [0.2, 0.25) is 17.7 Å². The molecule has 3 N–H and O–H groups in total. The molecule has 2 aliphatic carbocycles. The fraction of sp³-hybridized carbons (Fsp3) is 0.318. The Morgan fingerprint density at radius 1 is 0.703 bits per heavy atom. The second-order valence-electron chi connectivity index (χ2n) is 15.1. The molecule has 2 atom stereocenters. The van der Waals surface area contributed by atoms with Gasteiger partial charge in [0, 0.05) is 26.5 Å². The molecule has 19 nitrogen and oxygen atoms in total. The maximum atomic E-state index is 12.8.